The summed E-state index contributed by atoms with van der Waals surface area (Å²) >= 11 is 0. The standard InChI is InChI=1S/C12H13F3O/c1-6(7-2-3-7)12(16)8-4-10(14)11(15)5-9(8)13/h4-7,12,16H,2-3H2,1H3. The van der Waals surface area contributed by atoms with Gasteiger partial charge in [0.1, 0.15) is 5.82 Å². The van der Waals surface area contributed by atoms with Crippen LogP contribution in [0.5, 0.6) is 0 Å². The molecule has 2 rings (SSSR count). The minimum absolute atomic E-state index is 0.126. The molecule has 0 radical (unpaired) electrons. The van der Waals surface area contributed by atoms with Crippen molar-refractivity contribution in [1.29, 1.82) is 0 Å². The Morgan fingerprint density at radius 3 is 2.25 bits per heavy atom. The molecule has 0 amide bonds. The van der Waals surface area contributed by atoms with Gasteiger partial charge < -0.3 is 5.11 Å². The van der Waals surface area contributed by atoms with Gasteiger partial charge in [0, 0.05) is 11.6 Å². The summed E-state index contributed by atoms with van der Waals surface area (Å²) in [5, 5.41) is 9.87. The van der Waals surface area contributed by atoms with E-state index < -0.39 is 23.6 Å². The summed E-state index contributed by atoms with van der Waals surface area (Å²) in [6.07, 6.45) is 0.940. The highest BCUT2D eigenvalue weighted by atomic mass is 19.2. The van der Waals surface area contributed by atoms with Crippen molar-refractivity contribution in [1.82, 2.24) is 0 Å². The lowest BCUT2D eigenvalue weighted by Gasteiger charge is -2.19. The molecule has 2 atom stereocenters. The Kier molecular flexibility index (Phi) is 2.93. The molecule has 1 aliphatic carbocycles. The van der Waals surface area contributed by atoms with Gasteiger partial charge in [-0.25, -0.2) is 13.2 Å². The van der Waals surface area contributed by atoms with Gasteiger partial charge in [0.25, 0.3) is 0 Å². The first-order chi connectivity index (χ1) is 7.50. The summed E-state index contributed by atoms with van der Waals surface area (Å²) in [5.41, 5.74) is -0.154. The van der Waals surface area contributed by atoms with Crippen molar-refractivity contribution < 1.29 is 18.3 Å². The normalized spacial score (nSPS) is 19.6. The Morgan fingerprint density at radius 1 is 1.12 bits per heavy atom. The molecule has 0 bridgehead atoms. The average molecular weight is 230 g/mol. The Hall–Kier alpha value is -1.03. The van der Waals surface area contributed by atoms with E-state index in [2.05, 4.69) is 0 Å². The third-order valence-electron chi connectivity index (χ3n) is 3.22. The fourth-order valence-electron chi connectivity index (χ4n) is 1.93. The Balaban J connectivity index is 2.28. The lowest BCUT2D eigenvalue weighted by Crippen LogP contribution is -2.13. The summed E-state index contributed by atoms with van der Waals surface area (Å²) in [6.45, 7) is 1.79. The van der Waals surface area contributed by atoms with Crippen molar-refractivity contribution in [2.24, 2.45) is 11.8 Å². The molecule has 0 aromatic heterocycles. The quantitative estimate of drug-likeness (QED) is 0.791. The highest BCUT2D eigenvalue weighted by Gasteiger charge is 2.34. The number of hydrogen-bond acceptors (Lipinski definition) is 1. The summed E-state index contributed by atoms with van der Waals surface area (Å²) < 4.78 is 39.0. The van der Waals surface area contributed by atoms with Crippen LogP contribution in [0.15, 0.2) is 12.1 Å². The van der Waals surface area contributed by atoms with Gasteiger partial charge in [-0.05, 0) is 30.7 Å². The van der Waals surface area contributed by atoms with E-state index in [0.717, 1.165) is 18.9 Å². The number of aliphatic hydroxyl groups is 1. The van der Waals surface area contributed by atoms with Crippen LogP contribution in [0.3, 0.4) is 0 Å². The monoisotopic (exact) mass is 230 g/mol. The van der Waals surface area contributed by atoms with Crippen LogP contribution in [0.25, 0.3) is 0 Å². The number of aliphatic hydroxyl groups excluding tert-OH is 1. The molecule has 1 aromatic rings. The van der Waals surface area contributed by atoms with E-state index in [9.17, 15) is 18.3 Å². The van der Waals surface area contributed by atoms with Crippen LogP contribution in [0.2, 0.25) is 0 Å². The highest BCUT2D eigenvalue weighted by molar-refractivity contribution is 5.23. The van der Waals surface area contributed by atoms with Crippen molar-refractivity contribution in [3.8, 4) is 0 Å². The van der Waals surface area contributed by atoms with Gasteiger partial charge in [-0.15, -0.1) is 0 Å². The molecule has 0 aliphatic heterocycles. The second-order valence-corrected chi connectivity index (χ2v) is 4.43. The molecular formula is C12H13F3O. The minimum atomic E-state index is -1.23. The second-order valence-electron chi connectivity index (χ2n) is 4.43. The lowest BCUT2D eigenvalue weighted by molar-refractivity contribution is 0.101. The maximum atomic E-state index is 13.4. The summed E-state index contributed by atoms with van der Waals surface area (Å²) in [5.74, 6) is -3.01. The minimum Gasteiger partial charge on any atom is -0.388 e. The van der Waals surface area contributed by atoms with Gasteiger partial charge in [-0.3, -0.25) is 0 Å². The van der Waals surface area contributed by atoms with E-state index in [1.807, 2.05) is 0 Å². The second kappa shape index (κ2) is 4.09. The van der Waals surface area contributed by atoms with Crippen LogP contribution in [-0.2, 0) is 0 Å². The van der Waals surface area contributed by atoms with Gasteiger partial charge in [-0.1, -0.05) is 6.92 Å². The molecule has 1 aromatic carbocycles. The van der Waals surface area contributed by atoms with E-state index in [1.165, 1.54) is 0 Å². The molecule has 0 saturated heterocycles. The van der Waals surface area contributed by atoms with Gasteiger partial charge in [0.05, 0.1) is 6.10 Å². The van der Waals surface area contributed by atoms with Gasteiger partial charge in [-0.2, -0.15) is 0 Å². The maximum absolute atomic E-state index is 13.4. The van der Waals surface area contributed by atoms with Crippen molar-refractivity contribution in [3.63, 3.8) is 0 Å². The van der Waals surface area contributed by atoms with Crippen molar-refractivity contribution in [2.75, 3.05) is 0 Å². The predicted octanol–water partition coefficient (Wildman–Crippen LogP) is 3.18. The Labute approximate surface area is 91.9 Å². The van der Waals surface area contributed by atoms with Gasteiger partial charge in [0.15, 0.2) is 11.6 Å². The predicted molar refractivity (Wildman–Crippen MR) is 53.2 cm³/mol. The lowest BCUT2D eigenvalue weighted by atomic mass is 9.93. The van der Waals surface area contributed by atoms with Crippen LogP contribution in [0.4, 0.5) is 13.2 Å². The van der Waals surface area contributed by atoms with Crippen LogP contribution >= 0.6 is 0 Å². The van der Waals surface area contributed by atoms with Crippen LogP contribution in [0.1, 0.15) is 31.4 Å². The molecule has 4 heteroatoms. The maximum Gasteiger partial charge on any atom is 0.161 e. The first kappa shape index (κ1) is 11.5. The van der Waals surface area contributed by atoms with Crippen molar-refractivity contribution >= 4 is 0 Å². The zero-order valence-corrected chi connectivity index (χ0v) is 8.88. The van der Waals surface area contributed by atoms with E-state index in [1.54, 1.807) is 6.92 Å². The molecule has 0 heterocycles. The fourth-order valence-corrected chi connectivity index (χ4v) is 1.93. The largest absolute Gasteiger partial charge is 0.388 e. The number of halogens is 3. The fraction of sp³-hybridized carbons (Fsp3) is 0.500. The van der Waals surface area contributed by atoms with Crippen LogP contribution in [-0.4, -0.2) is 5.11 Å². The van der Waals surface area contributed by atoms with Gasteiger partial charge in [0.2, 0.25) is 0 Å². The molecular weight excluding hydrogens is 217 g/mol. The van der Waals surface area contributed by atoms with E-state index in [-0.39, 0.29) is 11.5 Å². The molecule has 16 heavy (non-hydrogen) atoms. The summed E-state index contributed by atoms with van der Waals surface area (Å²) in [6, 6.07) is 1.22. The molecule has 1 nitrogen and oxygen atoms in total. The van der Waals surface area contributed by atoms with E-state index in [4.69, 9.17) is 0 Å². The first-order valence-electron chi connectivity index (χ1n) is 5.33. The zero-order valence-electron chi connectivity index (χ0n) is 8.88. The molecule has 1 N–H and O–H groups in total. The summed E-state index contributed by atoms with van der Waals surface area (Å²) in [7, 11) is 0. The first-order valence-corrected chi connectivity index (χ1v) is 5.33. The smallest absolute Gasteiger partial charge is 0.161 e. The van der Waals surface area contributed by atoms with Crippen LogP contribution < -0.4 is 0 Å². The van der Waals surface area contributed by atoms with Gasteiger partial charge >= 0.3 is 0 Å². The third kappa shape index (κ3) is 2.07. The molecule has 88 valence electrons. The summed E-state index contributed by atoms with van der Waals surface area (Å²) in [4.78, 5) is 0. The van der Waals surface area contributed by atoms with Crippen molar-refractivity contribution in [3.05, 3.63) is 35.1 Å². The molecule has 1 aliphatic rings. The van der Waals surface area contributed by atoms with E-state index in [0.29, 0.717) is 12.0 Å². The Bertz CT molecular complexity index is 401. The topological polar surface area (TPSA) is 20.2 Å². The molecule has 0 spiro atoms. The molecule has 1 fully saturated rings. The zero-order chi connectivity index (χ0) is 11.9. The van der Waals surface area contributed by atoms with E-state index >= 15 is 0 Å². The number of hydrogen-bond donors (Lipinski definition) is 1. The molecule has 1 saturated carbocycles. The number of benzene rings is 1. The SMILES string of the molecule is CC(C1CC1)C(O)c1cc(F)c(F)cc1F. The highest BCUT2D eigenvalue weighted by Crippen LogP contribution is 2.43. The van der Waals surface area contributed by atoms with Crippen LogP contribution in [0, 0.1) is 29.3 Å². The van der Waals surface area contributed by atoms with Crippen molar-refractivity contribution in [2.45, 2.75) is 25.9 Å². The Morgan fingerprint density at radius 2 is 1.69 bits per heavy atom. The molecule has 2 unspecified atom stereocenters. The third-order valence-corrected chi connectivity index (χ3v) is 3.22. The average Bonchev–Trinajstić information content (AvgIpc) is 3.05. The number of rotatable bonds is 3.